The summed E-state index contributed by atoms with van der Waals surface area (Å²) in [6.45, 7) is 4.11. The van der Waals surface area contributed by atoms with E-state index < -0.39 is 0 Å². The summed E-state index contributed by atoms with van der Waals surface area (Å²) in [7, 11) is 0. The molecule has 1 heterocycles. The summed E-state index contributed by atoms with van der Waals surface area (Å²) in [6.07, 6.45) is 4.37. The van der Waals surface area contributed by atoms with Crippen LogP contribution in [-0.4, -0.2) is 17.0 Å². The minimum absolute atomic E-state index is 0.222. The first-order chi connectivity index (χ1) is 5.22. The molecule has 0 fully saturated rings. The predicted molar refractivity (Wildman–Crippen MR) is 50.6 cm³/mol. The second-order valence-electron chi connectivity index (χ2n) is 3.29. The van der Waals surface area contributed by atoms with E-state index in [0.717, 1.165) is 6.42 Å². The molecule has 0 spiro atoms. The van der Waals surface area contributed by atoms with Gasteiger partial charge in [-0.25, -0.2) is 0 Å². The number of hydrogen-bond donors (Lipinski definition) is 1. The van der Waals surface area contributed by atoms with Gasteiger partial charge in [-0.15, -0.1) is 11.8 Å². The van der Waals surface area contributed by atoms with Gasteiger partial charge in [-0.2, -0.15) is 0 Å². The van der Waals surface area contributed by atoms with Crippen molar-refractivity contribution in [2.24, 2.45) is 5.92 Å². The van der Waals surface area contributed by atoms with Gasteiger partial charge in [0, 0.05) is 4.91 Å². The molecule has 2 heteroatoms. The largest absolute Gasteiger partial charge is 0.388 e. The molecule has 0 saturated heterocycles. The van der Waals surface area contributed by atoms with Crippen molar-refractivity contribution < 1.29 is 5.11 Å². The van der Waals surface area contributed by atoms with E-state index >= 15 is 0 Å². The maximum Gasteiger partial charge on any atom is 0.0867 e. The summed E-state index contributed by atoms with van der Waals surface area (Å²) in [5.74, 6) is 1.53. The van der Waals surface area contributed by atoms with Crippen LogP contribution >= 0.6 is 11.8 Å². The molecule has 0 amide bonds. The second-order valence-corrected chi connectivity index (χ2v) is 4.45. The topological polar surface area (TPSA) is 20.2 Å². The van der Waals surface area contributed by atoms with E-state index in [9.17, 15) is 5.11 Å². The Kier molecular flexibility index (Phi) is 3.46. The zero-order valence-electron chi connectivity index (χ0n) is 7.21. The highest BCUT2D eigenvalue weighted by Crippen LogP contribution is 2.29. The fourth-order valence-corrected chi connectivity index (χ4v) is 2.34. The highest BCUT2D eigenvalue weighted by molar-refractivity contribution is 8.03. The first-order valence-electron chi connectivity index (χ1n) is 4.22. The van der Waals surface area contributed by atoms with Gasteiger partial charge in [0.2, 0.25) is 0 Å². The molecule has 1 unspecified atom stereocenters. The molecule has 1 nitrogen and oxygen atoms in total. The van der Waals surface area contributed by atoms with Crippen LogP contribution in [0.5, 0.6) is 0 Å². The molecule has 1 atom stereocenters. The van der Waals surface area contributed by atoms with Gasteiger partial charge in [-0.05, 0) is 24.5 Å². The summed E-state index contributed by atoms with van der Waals surface area (Å²) in [6, 6.07) is 0. The van der Waals surface area contributed by atoms with Crippen LogP contribution in [0.3, 0.4) is 0 Å². The fourth-order valence-electron chi connectivity index (χ4n) is 1.11. The van der Waals surface area contributed by atoms with E-state index in [0.29, 0.717) is 5.92 Å². The third kappa shape index (κ3) is 2.53. The smallest absolute Gasteiger partial charge is 0.0867 e. The number of rotatable bonds is 2. The number of aliphatic hydroxyl groups is 1. The number of allylic oxidation sites excluding steroid dienone is 1. The minimum atomic E-state index is -0.222. The van der Waals surface area contributed by atoms with Crippen LogP contribution in [0.25, 0.3) is 0 Å². The van der Waals surface area contributed by atoms with Crippen molar-refractivity contribution in [3.8, 4) is 0 Å². The van der Waals surface area contributed by atoms with Gasteiger partial charge in [-0.1, -0.05) is 19.9 Å². The summed E-state index contributed by atoms with van der Waals surface area (Å²) in [4.78, 5) is 1.19. The maximum absolute atomic E-state index is 9.66. The van der Waals surface area contributed by atoms with E-state index in [1.54, 1.807) is 0 Å². The van der Waals surface area contributed by atoms with Gasteiger partial charge < -0.3 is 5.11 Å². The molecular weight excluding hydrogens is 156 g/mol. The van der Waals surface area contributed by atoms with Crippen LogP contribution in [0.1, 0.15) is 26.7 Å². The Morgan fingerprint density at radius 3 is 2.73 bits per heavy atom. The van der Waals surface area contributed by atoms with Gasteiger partial charge in [0.1, 0.15) is 0 Å². The SMILES string of the molecule is CC(C)C(O)C1=CCCCS1. The van der Waals surface area contributed by atoms with Crippen LogP contribution in [0.2, 0.25) is 0 Å². The molecule has 0 radical (unpaired) electrons. The summed E-state index contributed by atoms with van der Waals surface area (Å²) < 4.78 is 0. The average Bonchev–Trinajstić information content (AvgIpc) is 2.05. The predicted octanol–water partition coefficient (Wildman–Crippen LogP) is 2.41. The number of aliphatic hydroxyl groups excluding tert-OH is 1. The van der Waals surface area contributed by atoms with Gasteiger partial charge >= 0.3 is 0 Å². The van der Waals surface area contributed by atoms with Crippen LogP contribution in [0, 0.1) is 5.92 Å². The van der Waals surface area contributed by atoms with Crippen LogP contribution in [0.15, 0.2) is 11.0 Å². The van der Waals surface area contributed by atoms with E-state index in [1.807, 2.05) is 11.8 Å². The highest BCUT2D eigenvalue weighted by atomic mass is 32.2. The lowest BCUT2D eigenvalue weighted by atomic mass is 10.1. The summed E-state index contributed by atoms with van der Waals surface area (Å²) >= 11 is 1.81. The van der Waals surface area contributed by atoms with Crippen molar-refractivity contribution in [3.05, 3.63) is 11.0 Å². The summed E-state index contributed by atoms with van der Waals surface area (Å²) in [5, 5.41) is 9.66. The van der Waals surface area contributed by atoms with E-state index in [4.69, 9.17) is 0 Å². The third-order valence-electron chi connectivity index (χ3n) is 1.89. The lowest BCUT2D eigenvalue weighted by Crippen LogP contribution is -2.17. The van der Waals surface area contributed by atoms with Gasteiger partial charge in [-0.3, -0.25) is 0 Å². The quantitative estimate of drug-likeness (QED) is 0.690. The van der Waals surface area contributed by atoms with Crippen molar-refractivity contribution in [1.29, 1.82) is 0 Å². The molecule has 1 aliphatic heterocycles. The van der Waals surface area contributed by atoms with Crippen molar-refractivity contribution in [3.63, 3.8) is 0 Å². The lowest BCUT2D eigenvalue weighted by molar-refractivity contribution is 0.168. The minimum Gasteiger partial charge on any atom is -0.388 e. The Morgan fingerprint density at radius 2 is 2.27 bits per heavy atom. The Labute approximate surface area is 72.9 Å². The molecule has 1 rings (SSSR count). The Hall–Kier alpha value is 0.0500. The summed E-state index contributed by atoms with van der Waals surface area (Å²) in [5.41, 5.74) is 0. The second kappa shape index (κ2) is 4.17. The first kappa shape index (κ1) is 9.14. The molecule has 0 aromatic carbocycles. The Bertz CT molecular complexity index is 152. The first-order valence-corrected chi connectivity index (χ1v) is 5.21. The zero-order chi connectivity index (χ0) is 8.27. The van der Waals surface area contributed by atoms with E-state index in [2.05, 4.69) is 19.9 Å². The average molecular weight is 172 g/mol. The van der Waals surface area contributed by atoms with Crippen molar-refractivity contribution in [1.82, 2.24) is 0 Å². The molecule has 0 saturated carbocycles. The molecule has 1 aliphatic rings. The van der Waals surface area contributed by atoms with Crippen molar-refractivity contribution >= 4 is 11.8 Å². The number of thioether (sulfide) groups is 1. The Balaban J connectivity index is 2.51. The van der Waals surface area contributed by atoms with E-state index in [1.165, 1.54) is 17.1 Å². The van der Waals surface area contributed by atoms with Crippen LogP contribution in [-0.2, 0) is 0 Å². The molecule has 0 aromatic heterocycles. The monoisotopic (exact) mass is 172 g/mol. The third-order valence-corrected chi connectivity index (χ3v) is 3.12. The van der Waals surface area contributed by atoms with Crippen LogP contribution < -0.4 is 0 Å². The molecule has 64 valence electrons. The molecular formula is C9H16OS. The van der Waals surface area contributed by atoms with Gasteiger partial charge in [0.15, 0.2) is 0 Å². The highest BCUT2D eigenvalue weighted by Gasteiger charge is 2.16. The molecule has 1 N–H and O–H groups in total. The zero-order valence-corrected chi connectivity index (χ0v) is 8.03. The number of hydrogen-bond acceptors (Lipinski definition) is 2. The maximum atomic E-state index is 9.66. The normalized spacial score (nSPS) is 21.6. The molecule has 11 heavy (non-hydrogen) atoms. The van der Waals surface area contributed by atoms with Gasteiger partial charge in [0.05, 0.1) is 6.10 Å². The van der Waals surface area contributed by atoms with Gasteiger partial charge in [0.25, 0.3) is 0 Å². The van der Waals surface area contributed by atoms with E-state index in [-0.39, 0.29) is 6.10 Å². The Morgan fingerprint density at radius 1 is 1.55 bits per heavy atom. The lowest BCUT2D eigenvalue weighted by Gasteiger charge is -2.20. The molecule has 0 aromatic rings. The van der Waals surface area contributed by atoms with Crippen molar-refractivity contribution in [2.75, 3.05) is 5.75 Å². The molecule has 0 bridgehead atoms. The standard InChI is InChI=1S/C9H16OS/c1-7(2)9(10)8-5-3-4-6-11-8/h5,7,9-10H,3-4,6H2,1-2H3. The fraction of sp³-hybridized carbons (Fsp3) is 0.778. The molecule has 0 aliphatic carbocycles. The van der Waals surface area contributed by atoms with Crippen LogP contribution in [0.4, 0.5) is 0 Å². The van der Waals surface area contributed by atoms with Crippen molar-refractivity contribution in [2.45, 2.75) is 32.8 Å².